The number of nitrogens with zero attached hydrogens (tertiary/aromatic N) is 3. The van der Waals surface area contributed by atoms with Crippen LogP contribution in [-0.2, 0) is 16.0 Å². The van der Waals surface area contributed by atoms with Crippen LogP contribution in [0.5, 0.6) is 0 Å². The molecular weight excluding hydrogens is 308 g/mol. The number of nitrogens with one attached hydrogen (secondary N) is 1. The van der Waals surface area contributed by atoms with E-state index in [9.17, 15) is 0 Å². The molecule has 24 heavy (non-hydrogen) atoms. The zero-order valence-corrected chi connectivity index (χ0v) is 13.6. The quantitative estimate of drug-likeness (QED) is 0.904. The summed E-state index contributed by atoms with van der Waals surface area (Å²) in [6.07, 6.45) is -0.152. The van der Waals surface area contributed by atoms with E-state index in [1.807, 2.05) is 12.1 Å². The van der Waals surface area contributed by atoms with Crippen molar-refractivity contribution in [1.29, 1.82) is 0 Å². The van der Waals surface area contributed by atoms with Crippen LogP contribution in [0.15, 0.2) is 28.8 Å². The lowest BCUT2D eigenvalue weighted by molar-refractivity contribution is 0.00755. The van der Waals surface area contributed by atoms with Gasteiger partial charge in [0, 0.05) is 38.3 Å². The van der Waals surface area contributed by atoms with Gasteiger partial charge in [-0.25, -0.2) is 0 Å². The molecule has 1 atom stereocenters. The highest BCUT2D eigenvalue weighted by atomic mass is 16.5. The third kappa shape index (κ3) is 3.64. The zero-order valence-electron chi connectivity index (χ0n) is 13.6. The summed E-state index contributed by atoms with van der Waals surface area (Å²) in [6, 6.07) is 8.34. The molecule has 2 aliphatic heterocycles. The fourth-order valence-corrected chi connectivity index (χ4v) is 2.98. The lowest BCUT2D eigenvalue weighted by Gasteiger charge is -2.26. The molecule has 0 spiro atoms. The highest BCUT2D eigenvalue weighted by Gasteiger charge is 2.22. The van der Waals surface area contributed by atoms with Crippen molar-refractivity contribution in [3.8, 4) is 11.4 Å². The van der Waals surface area contributed by atoms with E-state index in [-0.39, 0.29) is 6.10 Å². The molecule has 0 unspecified atom stereocenters. The van der Waals surface area contributed by atoms with Crippen molar-refractivity contribution in [1.82, 2.24) is 20.4 Å². The molecule has 0 radical (unpaired) electrons. The topological polar surface area (TPSA) is 72.7 Å². The number of aromatic nitrogens is 2. The highest BCUT2D eigenvalue weighted by Crippen LogP contribution is 2.22. The van der Waals surface area contributed by atoms with Crippen LogP contribution in [0.1, 0.15) is 17.6 Å². The standard InChI is InChI=1S/C17H22N4O3/c1-3-14(4-2-13(1)12-21-6-9-22-10-7-21)16-19-17(24-20-16)15-11-18-5-8-23-15/h1-4,15,18H,5-12H2/t15-/m1/s1. The maximum atomic E-state index is 5.64. The SMILES string of the molecule is c1cc(-c2noc([C@H]3CNCCO3)n2)ccc1CN1CCOCC1. The molecule has 1 aromatic heterocycles. The predicted molar refractivity (Wildman–Crippen MR) is 87.4 cm³/mol. The summed E-state index contributed by atoms with van der Waals surface area (Å²) in [5.74, 6) is 1.15. The number of rotatable bonds is 4. The van der Waals surface area contributed by atoms with Gasteiger partial charge in [0.1, 0.15) is 6.10 Å². The summed E-state index contributed by atoms with van der Waals surface area (Å²) in [5.41, 5.74) is 2.24. The van der Waals surface area contributed by atoms with E-state index in [4.69, 9.17) is 14.0 Å². The summed E-state index contributed by atoms with van der Waals surface area (Å²) in [6.45, 7) is 6.81. The van der Waals surface area contributed by atoms with E-state index in [1.165, 1.54) is 5.56 Å². The summed E-state index contributed by atoms with van der Waals surface area (Å²) in [7, 11) is 0. The first kappa shape index (κ1) is 15.7. The van der Waals surface area contributed by atoms with E-state index in [2.05, 4.69) is 32.5 Å². The molecule has 0 amide bonds. The van der Waals surface area contributed by atoms with E-state index < -0.39 is 0 Å². The van der Waals surface area contributed by atoms with Crippen molar-refractivity contribution < 1.29 is 14.0 Å². The maximum Gasteiger partial charge on any atom is 0.257 e. The Kier molecular flexibility index (Phi) is 4.84. The van der Waals surface area contributed by atoms with Crippen LogP contribution < -0.4 is 5.32 Å². The number of hydrogen-bond acceptors (Lipinski definition) is 7. The number of benzene rings is 1. The molecule has 0 aliphatic carbocycles. The predicted octanol–water partition coefficient (Wildman–Crippen LogP) is 1.23. The van der Waals surface area contributed by atoms with Crippen molar-refractivity contribution in [2.24, 2.45) is 0 Å². The lowest BCUT2D eigenvalue weighted by atomic mass is 10.1. The second-order valence-corrected chi connectivity index (χ2v) is 6.11. The van der Waals surface area contributed by atoms with Gasteiger partial charge in [-0.05, 0) is 5.56 Å². The Bertz CT molecular complexity index is 646. The molecule has 2 fully saturated rings. The summed E-state index contributed by atoms with van der Waals surface area (Å²) >= 11 is 0. The molecule has 2 aliphatic rings. The first-order chi connectivity index (χ1) is 11.9. The van der Waals surface area contributed by atoms with Crippen LogP contribution >= 0.6 is 0 Å². The minimum atomic E-state index is -0.152. The lowest BCUT2D eigenvalue weighted by Crippen LogP contribution is -2.35. The molecule has 0 bridgehead atoms. The molecule has 7 nitrogen and oxygen atoms in total. The summed E-state index contributed by atoms with van der Waals surface area (Å²) < 4.78 is 16.4. The minimum absolute atomic E-state index is 0.152. The van der Waals surface area contributed by atoms with Gasteiger partial charge in [0.2, 0.25) is 5.82 Å². The second kappa shape index (κ2) is 7.40. The summed E-state index contributed by atoms with van der Waals surface area (Å²) in [4.78, 5) is 6.88. The zero-order chi connectivity index (χ0) is 16.2. The van der Waals surface area contributed by atoms with Gasteiger partial charge in [0.15, 0.2) is 0 Å². The van der Waals surface area contributed by atoms with Gasteiger partial charge < -0.3 is 19.3 Å². The van der Waals surface area contributed by atoms with E-state index in [1.54, 1.807) is 0 Å². The smallest absolute Gasteiger partial charge is 0.257 e. The van der Waals surface area contributed by atoms with Gasteiger partial charge in [-0.1, -0.05) is 29.4 Å². The average Bonchev–Trinajstić information content (AvgIpc) is 3.14. The van der Waals surface area contributed by atoms with Crippen LogP contribution in [-0.4, -0.2) is 61.0 Å². The van der Waals surface area contributed by atoms with Gasteiger partial charge in [0.25, 0.3) is 5.89 Å². The van der Waals surface area contributed by atoms with Crippen LogP contribution in [0.3, 0.4) is 0 Å². The van der Waals surface area contributed by atoms with Gasteiger partial charge in [-0.2, -0.15) is 4.98 Å². The fraction of sp³-hybridized carbons (Fsp3) is 0.529. The Labute approximate surface area is 140 Å². The number of morpholine rings is 2. The van der Waals surface area contributed by atoms with E-state index in [0.717, 1.165) is 45.0 Å². The largest absolute Gasteiger partial charge is 0.379 e. The van der Waals surface area contributed by atoms with Gasteiger partial charge in [-0.3, -0.25) is 4.90 Å². The molecule has 2 aromatic rings. The summed E-state index contributed by atoms with van der Waals surface area (Å²) in [5, 5.41) is 7.35. The van der Waals surface area contributed by atoms with E-state index in [0.29, 0.717) is 24.9 Å². The first-order valence-electron chi connectivity index (χ1n) is 8.44. The number of ether oxygens (including phenoxy) is 2. The van der Waals surface area contributed by atoms with Crippen LogP contribution in [0.4, 0.5) is 0 Å². The molecule has 7 heteroatoms. The Morgan fingerprint density at radius 1 is 1.12 bits per heavy atom. The third-order valence-electron chi connectivity index (χ3n) is 4.37. The van der Waals surface area contributed by atoms with Crippen LogP contribution in [0, 0.1) is 0 Å². The molecular formula is C17H22N4O3. The maximum absolute atomic E-state index is 5.64. The number of hydrogen-bond donors (Lipinski definition) is 1. The van der Waals surface area contributed by atoms with Crippen molar-refractivity contribution in [3.63, 3.8) is 0 Å². The Morgan fingerprint density at radius 2 is 1.96 bits per heavy atom. The molecule has 1 N–H and O–H groups in total. The van der Waals surface area contributed by atoms with Gasteiger partial charge in [-0.15, -0.1) is 0 Å². The molecule has 2 saturated heterocycles. The van der Waals surface area contributed by atoms with Crippen molar-refractivity contribution in [2.45, 2.75) is 12.6 Å². The molecule has 1 aromatic carbocycles. The fourth-order valence-electron chi connectivity index (χ4n) is 2.98. The monoisotopic (exact) mass is 330 g/mol. The van der Waals surface area contributed by atoms with Gasteiger partial charge >= 0.3 is 0 Å². The third-order valence-corrected chi connectivity index (χ3v) is 4.37. The Morgan fingerprint density at radius 3 is 2.71 bits per heavy atom. The molecule has 0 saturated carbocycles. The Balaban J connectivity index is 1.41. The first-order valence-corrected chi connectivity index (χ1v) is 8.44. The molecule has 128 valence electrons. The van der Waals surface area contributed by atoms with Crippen molar-refractivity contribution >= 4 is 0 Å². The molecule has 3 heterocycles. The van der Waals surface area contributed by atoms with Crippen LogP contribution in [0.2, 0.25) is 0 Å². The molecule has 4 rings (SSSR count). The second-order valence-electron chi connectivity index (χ2n) is 6.11. The highest BCUT2D eigenvalue weighted by molar-refractivity contribution is 5.54. The Hall–Kier alpha value is -1.80. The minimum Gasteiger partial charge on any atom is -0.379 e. The van der Waals surface area contributed by atoms with Crippen LogP contribution in [0.25, 0.3) is 11.4 Å². The average molecular weight is 330 g/mol. The van der Waals surface area contributed by atoms with Crippen molar-refractivity contribution in [3.05, 3.63) is 35.7 Å². The van der Waals surface area contributed by atoms with Gasteiger partial charge in [0.05, 0.1) is 19.8 Å². The van der Waals surface area contributed by atoms with Crippen molar-refractivity contribution in [2.75, 3.05) is 46.0 Å². The normalized spacial score (nSPS) is 22.6. The van der Waals surface area contributed by atoms with E-state index >= 15 is 0 Å².